The van der Waals surface area contributed by atoms with E-state index in [1.165, 1.54) is 0 Å². The molecule has 130 valence electrons. The Morgan fingerprint density at radius 1 is 0.960 bits per heavy atom. The van der Waals surface area contributed by atoms with Crippen LogP contribution >= 0.6 is 12.2 Å². The number of ether oxygens (including phenoxy) is 1. The Morgan fingerprint density at radius 2 is 1.60 bits per heavy atom. The summed E-state index contributed by atoms with van der Waals surface area (Å²) < 4.78 is 4.94. The monoisotopic (exact) mass is 357 g/mol. The summed E-state index contributed by atoms with van der Waals surface area (Å²) in [6.45, 7) is 2.14. The van der Waals surface area contributed by atoms with Crippen molar-refractivity contribution in [3.8, 4) is 11.1 Å². The van der Waals surface area contributed by atoms with E-state index in [1.54, 1.807) is 19.1 Å². The summed E-state index contributed by atoms with van der Waals surface area (Å²) >= 11 is 4.96. The topological polar surface area (TPSA) is 79.5 Å². The smallest absolute Gasteiger partial charge is 0.264 e. The third-order valence-corrected chi connectivity index (χ3v) is 3.44. The highest BCUT2D eigenvalue weighted by Gasteiger charge is 2.09. The molecule has 0 atom stereocenters. The van der Waals surface area contributed by atoms with Gasteiger partial charge in [-0.15, -0.1) is 0 Å². The second kappa shape index (κ2) is 9.51. The van der Waals surface area contributed by atoms with Crippen LogP contribution in [0.3, 0.4) is 0 Å². The van der Waals surface area contributed by atoms with E-state index in [4.69, 9.17) is 17.0 Å². The van der Waals surface area contributed by atoms with Gasteiger partial charge in [-0.2, -0.15) is 0 Å². The Hall–Kier alpha value is -2.77. The van der Waals surface area contributed by atoms with Gasteiger partial charge in [0.1, 0.15) is 6.61 Å². The lowest BCUT2D eigenvalue weighted by Crippen LogP contribution is -2.49. The van der Waals surface area contributed by atoms with Gasteiger partial charge in [-0.25, -0.2) is 0 Å². The minimum atomic E-state index is -0.384. The molecule has 0 spiro atoms. The van der Waals surface area contributed by atoms with Gasteiger partial charge < -0.3 is 4.74 Å². The number of hydrazine groups is 1. The molecule has 2 aromatic carbocycles. The maximum absolute atomic E-state index is 12.1. The molecule has 0 saturated carbocycles. The molecule has 0 unspecified atom stereocenters. The Balaban J connectivity index is 1.86. The number of nitrogens with one attached hydrogen (secondary N) is 3. The fraction of sp³-hybridized carbons (Fsp3) is 0.167. The van der Waals surface area contributed by atoms with E-state index in [0.29, 0.717) is 12.2 Å². The zero-order valence-electron chi connectivity index (χ0n) is 13.7. The third kappa shape index (κ3) is 5.98. The fourth-order valence-electron chi connectivity index (χ4n) is 2.01. The van der Waals surface area contributed by atoms with Crippen molar-refractivity contribution in [1.82, 2.24) is 16.2 Å². The highest BCUT2D eigenvalue weighted by molar-refractivity contribution is 7.80. The summed E-state index contributed by atoms with van der Waals surface area (Å²) in [6.07, 6.45) is 0. The third-order valence-electron chi connectivity index (χ3n) is 3.23. The largest absolute Gasteiger partial charge is 0.372 e. The van der Waals surface area contributed by atoms with Crippen molar-refractivity contribution in [3.63, 3.8) is 0 Å². The number of rotatable bonds is 5. The Labute approximate surface area is 151 Å². The SMILES string of the molecule is CCOCC(=O)NNC(=S)NC(=O)c1ccc(-c2ccccc2)cc1. The maximum Gasteiger partial charge on any atom is 0.264 e. The number of hydrogen-bond donors (Lipinski definition) is 3. The molecule has 2 rings (SSSR count). The van der Waals surface area contributed by atoms with Gasteiger partial charge in [0.25, 0.3) is 11.8 Å². The lowest BCUT2D eigenvalue weighted by atomic mass is 10.0. The Morgan fingerprint density at radius 3 is 2.24 bits per heavy atom. The standard InChI is InChI=1S/C18H19N3O3S/c1-2-24-12-16(22)20-21-18(25)19-17(23)15-10-8-14(9-11-15)13-6-4-3-5-7-13/h3-11H,2,12H2,1H3,(H,20,22)(H2,19,21,23,25). The number of carbonyl (C=O) groups is 2. The zero-order chi connectivity index (χ0) is 18.1. The number of thiocarbonyl (C=S) groups is 1. The van der Waals surface area contributed by atoms with Gasteiger partial charge in [-0.1, -0.05) is 42.5 Å². The molecule has 0 aliphatic carbocycles. The molecule has 0 aliphatic heterocycles. The van der Waals surface area contributed by atoms with Crippen LogP contribution in [0, 0.1) is 0 Å². The van der Waals surface area contributed by atoms with Gasteiger partial charge in [0, 0.05) is 12.2 Å². The molecule has 25 heavy (non-hydrogen) atoms. The summed E-state index contributed by atoms with van der Waals surface area (Å²) in [5, 5.41) is 2.49. The van der Waals surface area contributed by atoms with Gasteiger partial charge in [0.15, 0.2) is 5.11 Å². The number of amides is 2. The van der Waals surface area contributed by atoms with Crippen LogP contribution < -0.4 is 16.2 Å². The maximum atomic E-state index is 12.1. The fourth-order valence-corrected chi connectivity index (χ4v) is 2.15. The van der Waals surface area contributed by atoms with Crippen LogP contribution in [0.15, 0.2) is 54.6 Å². The summed E-state index contributed by atoms with van der Waals surface area (Å²) in [4.78, 5) is 23.5. The van der Waals surface area contributed by atoms with Crippen LogP contribution in [0.25, 0.3) is 11.1 Å². The first-order valence-corrected chi connectivity index (χ1v) is 8.14. The lowest BCUT2D eigenvalue weighted by Gasteiger charge is -2.11. The van der Waals surface area contributed by atoms with Crippen LogP contribution in [0.4, 0.5) is 0 Å². The number of carbonyl (C=O) groups excluding carboxylic acids is 2. The van der Waals surface area contributed by atoms with Crippen LogP contribution in [-0.2, 0) is 9.53 Å². The van der Waals surface area contributed by atoms with E-state index < -0.39 is 0 Å². The first kappa shape index (κ1) is 18.6. The molecule has 7 heteroatoms. The predicted molar refractivity (Wildman–Crippen MR) is 99.7 cm³/mol. The summed E-state index contributed by atoms with van der Waals surface area (Å²) in [6, 6.07) is 17.0. The van der Waals surface area contributed by atoms with Gasteiger partial charge >= 0.3 is 0 Å². The minimum Gasteiger partial charge on any atom is -0.372 e. The molecule has 3 N–H and O–H groups in total. The molecule has 2 aromatic rings. The summed E-state index contributed by atoms with van der Waals surface area (Å²) in [7, 11) is 0. The minimum absolute atomic E-state index is 0.00184. The first-order chi connectivity index (χ1) is 12.1. The second-order valence-corrected chi connectivity index (χ2v) is 5.45. The van der Waals surface area contributed by atoms with E-state index >= 15 is 0 Å². The summed E-state index contributed by atoms with van der Waals surface area (Å²) in [5.41, 5.74) is 7.33. The molecular formula is C18H19N3O3S. The Bertz CT molecular complexity index is 733. The van der Waals surface area contributed by atoms with Crippen molar-refractivity contribution < 1.29 is 14.3 Å². The van der Waals surface area contributed by atoms with Gasteiger partial charge in [-0.3, -0.25) is 25.8 Å². The highest BCUT2D eigenvalue weighted by Crippen LogP contribution is 2.19. The average Bonchev–Trinajstić information content (AvgIpc) is 2.65. The van der Waals surface area contributed by atoms with Crippen molar-refractivity contribution in [2.24, 2.45) is 0 Å². The molecule has 6 nitrogen and oxygen atoms in total. The predicted octanol–water partition coefficient (Wildman–Crippen LogP) is 2.03. The quantitative estimate of drug-likeness (QED) is 0.564. The van der Waals surface area contributed by atoms with Crippen LogP contribution in [0.2, 0.25) is 0 Å². The first-order valence-electron chi connectivity index (χ1n) is 7.73. The molecular weight excluding hydrogens is 338 g/mol. The van der Waals surface area contributed by atoms with E-state index in [0.717, 1.165) is 11.1 Å². The van der Waals surface area contributed by atoms with Gasteiger partial charge in [-0.05, 0) is 42.4 Å². The van der Waals surface area contributed by atoms with E-state index in [-0.39, 0.29) is 23.5 Å². The molecule has 0 bridgehead atoms. The lowest BCUT2D eigenvalue weighted by molar-refractivity contribution is -0.126. The van der Waals surface area contributed by atoms with Crippen molar-refractivity contribution in [2.45, 2.75) is 6.92 Å². The molecule has 0 aromatic heterocycles. The molecule has 2 amide bonds. The van der Waals surface area contributed by atoms with Crippen molar-refractivity contribution in [2.75, 3.05) is 13.2 Å². The van der Waals surface area contributed by atoms with E-state index in [1.807, 2.05) is 42.5 Å². The molecule has 0 radical (unpaired) electrons. The normalized spacial score (nSPS) is 9.96. The van der Waals surface area contributed by atoms with Crippen LogP contribution in [0.5, 0.6) is 0 Å². The highest BCUT2D eigenvalue weighted by atomic mass is 32.1. The van der Waals surface area contributed by atoms with E-state index in [2.05, 4.69) is 16.2 Å². The number of hydrogen-bond acceptors (Lipinski definition) is 4. The van der Waals surface area contributed by atoms with Crippen molar-refractivity contribution >= 4 is 29.1 Å². The molecule has 0 heterocycles. The van der Waals surface area contributed by atoms with Crippen molar-refractivity contribution in [3.05, 3.63) is 60.2 Å². The van der Waals surface area contributed by atoms with Crippen LogP contribution in [0.1, 0.15) is 17.3 Å². The van der Waals surface area contributed by atoms with Crippen LogP contribution in [-0.4, -0.2) is 30.1 Å². The van der Waals surface area contributed by atoms with Crippen molar-refractivity contribution in [1.29, 1.82) is 0 Å². The molecule has 0 fully saturated rings. The second-order valence-electron chi connectivity index (χ2n) is 5.04. The Kier molecular flexibility index (Phi) is 7.06. The van der Waals surface area contributed by atoms with Gasteiger partial charge in [0.05, 0.1) is 0 Å². The number of benzene rings is 2. The zero-order valence-corrected chi connectivity index (χ0v) is 14.6. The summed E-state index contributed by atoms with van der Waals surface area (Å²) in [5.74, 6) is -0.748. The molecule has 0 saturated heterocycles. The van der Waals surface area contributed by atoms with E-state index in [9.17, 15) is 9.59 Å². The average molecular weight is 357 g/mol. The van der Waals surface area contributed by atoms with Gasteiger partial charge in [0.2, 0.25) is 0 Å². The molecule has 0 aliphatic rings.